The van der Waals surface area contributed by atoms with Gasteiger partial charge >= 0.3 is 0 Å². The Hall–Kier alpha value is -2.89. The van der Waals surface area contributed by atoms with E-state index in [1.54, 1.807) is 27.8 Å². The molecule has 2 aromatic heterocycles. The number of nitrogens with zero attached hydrogens (tertiary/aromatic N) is 4. The lowest BCUT2D eigenvalue weighted by Crippen LogP contribution is -2.18. The van der Waals surface area contributed by atoms with Crippen LogP contribution in [-0.2, 0) is 6.54 Å². The van der Waals surface area contributed by atoms with Gasteiger partial charge in [0.05, 0.1) is 30.9 Å². The average Bonchev–Trinajstić information content (AvgIpc) is 3.05. The van der Waals surface area contributed by atoms with Gasteiger partial charge < -0.3 is 4.74 Å². The maximum atomic E-state index is 12.5. The topological polar surface area (TPSA) is 61.9 Å². The van der Waals surface area contributed by atoms with Crippen molar-refractivity contribution in [2.75, 3.05) is 7.11 Å². The van der Waals surface area contributed by atoms with Gasteiger partial charge in [0.1, 0.15) is 0 Å². The number of aromatic nitrogens is 4. The molecule has 0 radical (unpaired) electrons. The summed E-state index contributed by atoms with van der Waals surface area (Å²) >= 11 is 0. The second kappa shape index (κ2) is 5.85. The maximum Gasteiger partial charge on any atom is 0.251 e. The molecule has 0 aliphatic rings. The van der Waals surface area contributed by atoms with Crippen LogP contribution < -0.4 is 10.2 Å². The molecule has 3 rings (SSSR count). The molecule has 0 saturated heterocycles. The van der Waals surface area contributed by atoms with Crippen LogP contribution in [-0.4, -0.2) is 26.7 Å². The third kappa shape index (κ3) is 2.39. The summed E-state index contributed by atoms with van der Waals surface area (Å²) in [4.78, 5) is 12.5. The van der Waals surface area contributed by atoms with E-state index in [4.69, 9.17) is 4.74 Å². The zero-order chi connectivity index (χ0) is 15.5. The molecular weight excluding hydrogens is 280 g/mol. The van der Waals surface area contributed by atoms with Crippen LogP contribution in [0.25, 0.3) is 17.1 Å². The van der Waals surface area contributed by atoms with Crippen molar-refractivity contribution in [3.8, 4) is 22.8 Å². The van der Waals surface area contributed by atoms with Gasteiger partial charge in [0.15, 0.2) is 11.4 Å². The number of hydrogen-bond acceptors (Lipinski definition) is 4. The Labute approximate surface area is 127 Å². The Morgan fingerprint density at radius 3 is 2.64 bits per heavy atom. The number of benzene rings is 1. The SMILES string of the molecule is CCn1cc(OC)c(=O)c(-c2ccnn2-c2ccccc2)n1. The van der Waals surface area contributed by atoms with Gasteiger partial charge in [-0.25, -0.2) is 4.68 Å². The zero-order valence-corrected chi connectivity index (χ0v) is 12.4. The molecule has 0 N–H and O–H groups in total. The molecule has 0 unspecified atom stereocenters. The minimum Gasteiger partial charge on any atom is -0.491 e. The second-order valence-electron chi connectivity index (χ2n) is 4.69. The van der Waals surface area contributed by atoms with Crippen LogP contribution in [0.2, 0.25) is 0 Å². The van der Waals surface area contributed by atoms with Crippen molar-refractivity contribution in [2.24, 2.45) is 0 Å². The quantitative estimate of drug-likeness (QED) is 0.740. The summed E-state index contributed by atoms with van der Waals surface area (Å²) < 4.78 is 8.54. The van der Waals surface area contributed by atoms with Gasteiger partial charge in [-0.2, -0.15) is 10.2 Å². The fraction of sp³-hybridized carbons (Fsp3) is 0.188. The number of hydrogen-bond donors (Lipinski definition) is 0. The molecule has 0 aliphatic heterocycles. The van der Waals surface area contributed by atoms with Crippen LogP contribution in [0.1, 0.15) is 6.92 Å². The number of methoxy groups -OCH3 is 1. The van der Waals surface area contributed by atoms with Gasteiger partial charge in [-0.15, -0.1) is 0 Å². The van der Waals surface area contributed by atoms with Crippen LogP contribution in [0.15, 0.2) is 53.6 Å². The van der Waals surface area contributed by atoms with Gasteiger partial charge in [0, 0.05) is 6.54 Å². The Bertz CT molecular complexity index is 837. The summed E-state index contributed by atoms with van der Waals surface area (Å²) in [5, 5.41) is 8.69. The first-order valence-electron chi connectivity index (χ1n) is 7.00. The molecule has 0 saturated carbocycles. The molecule has 0 amide bonds. The molecule has 0 atom stereocenters. The fourth-order valence-corrected chi connectivity index (χ4v) is 2.25. The minimum absolute atomic E-state index is 0.245. The summed E-state index contributed by atoms with van der Waals surface area (Å²) in [5.41, 5.74) is 1.58. The van der Waals surface area contributed by atoms with Gasteiger partial charge in [-0.1, -0.05) is 18.2 Å². The van der Waals surface area contributed by atoms with Crippen molar-refractivity contribution in [2.45, 2.75) is 13.5 Å². The molecule has 6 nitrogen and oxygen atoms in total. The Balaban J connectivity index is 2.22. The summed E-state index contributed by atoms with van der Waals surface area (Å²) in [5.74, 6) is 0.271. The summed E-state index contributed by atoms with van der Waals surface area (Å²) in [6, 6.07) is 11.4. The molecule has 1 aromatic carbocycles. The molecule has 0 bridgehead atoms. The van der Waals surface area contributed by atoms with E-state index in [9.17, 15) is 4.79 Å². The third-order valence-corrected chi connectivity index (χ3v) is 3.36. The van der Waals surface area contributed by atoms with Crippen LogP contribution in [0.4, 0.5) is 0 Å². The number of rotatable bonds is 4. The fourth-order valence-electron chi connectivity index (χ4n) is 2.25. The van der Waals surface area contributed by atoms with Crippen LogP contribution in [0.3, 0.4) is 0 Å². The van der Waals surface area contributed by atoms with E-state index in [0.717, 1.165) is 5.69 Å². The number of ether oxygens (including phenoxy) is 1. The van der Waals surface area contributed by atoms with E-state index in [1.165, 1.54) is 7.11 Å². The molecule has 2 heterocycles. The maximum absolute atomic E-state index is 12.5. The first-order valence-corrected chi connectivity index (χ1v) is 7.00. The highest BCUT2D eigenvalue weighted by molar-refractivity contribution is 5.58. The predicted molar refractivity (Wildman–Crippen MR) is 83.3 cm³/mol. The van der Waals surface area contributed by atoms with Crippen molar-refractivity contribution in [3.63, 3.8) is 0 Å². The van der Waals surface area contributed by atoms with Crippen molar-refractivity contribution >= 4 is 0 Å². The lowest BCUT2D eigenvalue weighted by molar-refractivity contribution is 0.401. The van der Waals surface area contributed by atoms with Crippen LogP contribution >= 0.6 is 0 Å². The summed E-state index contributed by atoms with van der Waals surface area (Å²) in [7, 11) is 1.48. The number of aryl methyl sites for hydroxylation is 1. The number of para-hydroxylation sites is 1. The van der Waals surface area contributed by atoms with E-state index in [1.807, 2.05) is 37.3 Å². The van der Waals surface area contributed by atoms with Crippen molar-refractivity contribution < 1.29 is 4.74 Å². The van der Waals surface area contributed by atoms with Gasteiger partial charge in [0.2, 0.25) is 0 Å². The highest BCUT2D eigenvalue weighted by Gasteiger charge is 2.16. The smallest absolute Gasteiger partial charge is 0.251 e. The van der Waals surface area contributed by atoms with E-state index in [2.05, 4.69) is 10.2 Å². The lowest BCUT2D eigenvalue weighted by atomic mass is 10.2. The van der Waals surface area contributed by atoms with Crippen molar-refractivity contribution in [1.82, 2.24) is 19.6 Å². The molecule has 6 heteroatoms. The van der Waals surface area contributed by atoms with E-state index < -0.39 is 0 Å². The first-order chi connectivity index (χ1) is 10.7. The van der Waals surface area contributed by atoms with E-state index in [0.29, 0.717) is 17.9 Å². The van der Waals surface area contributed by atoms with Crippen LogP contribution in [0.5, 0.6) is 5.75 Å². The van der Waals surface area contributed by atoms with Gasteiger partial charge in [-0.05, 0) is 25.1 Å². The zero-order valence-electron chi connectivity index (χ0n) is 12.4. The van der Waals surface area contributed by atoms with Crippen molar-refractivity contribution in [3.05, 3.63) is 59.0 Å². The Morgan fingerprint density at radius 1 is 1.18 bits per heavy atom. The average molecular weight is 296 g/mol. The third-order valence-electron chi connectivity index (χ3n) is 3.36. The molecule has 112 valence electrons. The monoisotopic (exact) mass is 296 g/mol. The van der Waals surface area contributed by atoms with E-state index >= 15 is 0 Å². The molecular formula is C16H16N4O2. The highest BCUT2D eigenvalue weighted by atomic mass is 16.5. The molecule has 0 spiro atoms. The minimum atomic E-state index is -0.245. The van der Waals surface area contributed by atoms with Crippen LogP contribution in [0, 0.1) is 0 Å². The molecule has 22 heavy (non-hydrogen) atoms. The Morgan fingerprint density at radius 2 is 1.95 bits per heavy atom. The second-order valence-corrected chi connectivity index (χ2v) is 4.69. The lowest BCUT2D eigenvalue weighted by Gasteiger charge is -2.10. The highest BCUT2D eigenvalue weighted by Crippen LogP contribution is 2.19. The Kier molecular flexibility index (Phi) is 3.74. The molecule has 3 aromatic rings. The summed E-state index contributed by atoms with van der Waals surface area (Å²) in [6.07, 6.45) is 3.26. The normalized spacial score (nSPS) is 10.6. The standard InChI is InChI=1S/C16H16N4O2/c1-3-19-11-14(22-2)16(21)15(18-19)13-9-10-17-20(13)12-7-5-4-6-8-12/h4-11H,3H2,1-2H3. The van der Waals surface area contributed by atoms with Crippen molar-refractivity contribution in [1.29, 1.82) is 0 Å². The molecule has 0 fully saturated rings. The predicted octanol–water partition coefficient (Wildman–Crippen LogP) is 2.12. The summed E-state index contributed by atoms with van der Waals surface area (Å²) in [6.45, 7) is 2.60. The van der Waals surface area contributed by atoms with Gasteiger partial charge in [-0.3, -0.25) is 9.48 Å². The van der Waals surface area contributed by atoms with Gasteiger partial charge in [0.25, 0.3) is 5.43 Å². The first kappa shape index (κ1) is 14.1. The van der Waals surface area contributed by atoms with E-state index in [-0.39, 0.29) is 11.2 Å². The largest absolute Gasteiger partial charge is 0.491 e. The molecule has 0 aliphatic carbocycles.